The molecule has 2 aliphatic rings. The Labute approximate surface area is 95.1 Å². The number of esters is 1. The quantitative estimate of drug-likeness (QED) is 0.417. The Morgan fingerprint density at radius 2 is 2.33 bits per heavy atom. The summed E-state index contributed by atoms with van der Waals surface area (Å²) in [5.74, 6) is -0.0487. The molecule has 3 nitrogen and oxygen atoms in total. The predicted octanol–water partition coefficient (Wildman–Crippen LogP) is 2.46. The van der Waals surface area contributed by atoms with Crippen molar-refractivity contribution in [2.75, 3.05) is 7.11 Å². The number of rotatable bonds is 2. The molecule has 2 fully saturated rings. The molecule has 1 heterocycles. The maximum Gasteiger partial charge on any atom is 0.357 e. The third-order valence-electron chi connectivity index (χ3n) is 3.78. The average molecular weight is 233 g/mol. The second-order valence-electron chi connectivity index (χ2n) is 4.43. The van der Waals surface area contributed by atoms with Crippen molar-refractivity contribution in [2.45, 2.75) is 49.7 Å². The van der Waals surface area contributed by atoms with Crippen molar-refractivity contribution in [2.24, 2.45) is 5.92 Å². The van der Waals surface area contributed by atoms with Crippen LogP contribution in [0.4, 0.5) is 0 Å². The van der Waals surface area contributed by atoms with Crippen LogP contribution in [0.1, 0.15) is 39.0 Å². The van der Waals surface area contributed by atoms with Gasteiger partial charge in [-0.05, 0) is 18.8 Å². The number of ether oxygens (including phenoxy) is 2. The van der Waals surface area contributed by atoms with Gasteiger partial charge in [-0.3, -0.25) is 0 Å². The molecule has 1 spiro atoms. The summed E-state index contributed by atoms with van der Waals surface area (Å²) >= 11 is 6.21. The predicted molar refractivity (Wildman–Crippen MR) is 56.7 cm³/mol. The minimum atomic E-state index is -1.19. The maximum absolute atomic E-state index is 11.6. The lowest BCUT2D eigenvalue weighted by Gasteiger charge is -2.29. The number of epoxide rings is 1. The Morgan fingerprint density at radius 3 is 2.93 bits per heavy atom. The van der Waals surface area contributed by atoms with E-state index in [1.807, 2.05) is 0 Å². The Balaban J connectivity index is 2.18. The molecule has 1 aliphatic carbocycles. The normalized spacial score (nSPS) is 44.1. The zero-order chi connectivity index (χ0) is 11.1. The van der Waals surface area contributed by atoms with E-state index in [-0.39, 0.29) is 0 Å². The molecule has 0 bridgehead atoms. The molecule has 0 N–H and O–H groups in total. The van der Waals surface area contributed by atoms with Gasteiger partial charge in [0.25, 0.3) is 5.06 Å². The van der Waals surface area contributed by atoms with Crippen LogP contribution in [0.5, 0.6) is 0 Å². The van der Waals surface area contributed by atoms with Crippen molar-refractivity contribution in [1.82, 2.24) is 0 Å². The van der Waals surface area contributed by atoms with Gasteiger partial charge in [0.1, 0.15) is 5.60 Å². The summed E-state index contributed by atoms with van der Waals surface area (Å²) < 4.78 is 10.3. The Hall–Kier alpha value is -0.280. The van der Waals surface area contributed by atoms with E-state index in [0.717, 1.165) is 25.7 Å². The highest BCUT2D eigenvalue weighted by atomic mass is 35.5. The molecule has 86 valence electrons. The first-order chi connectivity index (χ1) is 7.10. The summed E-state index contributed by atoms with van der Waals surface area (Å²) in [5.41, 5.74) is -0.436. The SMILES string of the molecule is CCC1CCCCC12OC2(Cl)C(=O)OC. The Kier molecular flexibility index (Phi) is 2.72. The van der Waals surface area contributed by atoms with Crippen LogP contribution < -0.4 is 0 Å². The first-order valence-corrected chi connectivity index (χ1v) is 5.96. The van der Waals surface area contributed by atoms with Crippen molar-refractivity contribution < 1.29 is 14.3 Å². The first kappa shape index (κ1) is 11.2. The van der Waals surface area contributed by atoms with Crippen LogP contribution in [0, 0.1) is 5.92 Å². The largest absolute Gasteiger partial charge is 0.466 e. The van der Waals surface area contributed by atoms with Crippen molar-refractivity contribution in [1.29, 1.82) is 0 Å². The fourth-order valence-corrected chi connectivity index (χ4v) is 3.34. The number of methoxy groups -OCH3 is 1. The van der Waals surface area contributed by atoms with Gasteiger partial charge < -0.3 is 9.47 Å². The standard InChI is InChI=1S/C11H17ClO3/c1-3-8-6-4-5-7-10(8)11(12,15-10)9(13)14-2/h8H,3-7H2,1-2H3. The number of halogens is 1. The molecule has 0 aromatic heterocycles. The van der Waals surface area contributed by atoms with E-state index >= 15 is 0 Å². The van der Waals surface area contributed by atoms with E-state index in [1.165, 1.54) is 13.5 Å². The number of hydrogen-bond donors (Lipinski definition) is 0. The molecule has 15 heavy (non-hydrogen) atoms. The molecule has 1 saturated heterocycles. The van der Waals surface area contributed by atoms with Gasteiger partial charge in [-0.1, -0.05) is 37.8 Å². The van der Waals surface area contributed by atoms with Crippen molar-refractivity contribution in [3.63, 3.8) is 0 Å². The van der Waals surface area contributed by atoms with Gasteiger partial charge in [0, 0.05) is 0 Å². The number of alkyl halides is 1. The average Bonchev–Trinajstić information content (AvgIpc) is 2.85. The van der Waals surface area contributed by atoms with E-state index < -0.39 is 16.6 Å². The third kappa shape index (κ3) is 1.40. The van der Waals surface area contributed by atoms with Crippen LogP contribution >= 0.6 is 11.6 Å². The Bertz CT molecular complexity index is 281. The highest BCUT2D eigenvalue weighted by molar-refractivity contribution is 6.36. The van der Waals surface area contributed by atoms with Gasteiger partial charge in [0.2, 0.25) is 0 Å². The van der Waals surface area contributed by atoms with Crippen molar-refractivity contribution in [3.05, 3.63) is 0 Å². The van der Waals surface area contributed by atoms with Crippen molar-refractivity contribution in [3.8, 4) is 0 Å². The topological polar surface area (TPSA) is 38.8 Å². The maximum atomic E-state index is 11.6. The van der Waals surface area contributed by atoms with Gasteiger partial charge in [-0.25, -0.2) is 4.79 Å². The van der Waals surface area contributed by atoms with Crippen LogP contribution in [0.3, 0.4) is 0 Å². The van der Waals surface area contributed by atoms with Gasteiger partial charge in [0.05, 0.1) is 7.11 Å². The minimum absolute atomic E-state index is 0.392. The molecule has 0 aromatic carbocycles. The molecule has 3 atom stereocenters. The summed E-state index contributed by atoms with van der Waals surface area (Å²) in [6, 6.07) is 0. The molecule has 1 aliphatic heterocycles. The van der Waals surface area contributed by atoms with E-state index in [1.54, 1.807) is 0 Å². The lowest BCUT2D eigenvalue weighted by Crippen LogP contribution is -2.38. The van der Waals surface area contributed by atoms with Gasteiger partial charge >= 0.3 is 5.97 Å². The molecule has 3 unspecified atom stereocenters. The zero-order valence-corrected chi connectivity index (χ0v) is 9.97. The van der Waals surface area contributed by atoms with Crippen LogP contribution in [-0.4, -0.2) is 23.7 Å². The summed E-state index contributed by atoms with van der Waals surface area (Å²) in [6.07, 6.45) is 5.28. The van der Waals surface area contributed by atoms with Crippen LogP contribution in [0.15, 0.2) is 0 Å². The van der Waals surface area contributed by atoms with Crippen LogP contribution in [0.2, 0.25) is 0 Å². The zero-order valence-electron chi connectivity index (χ0n) is 9.22. The highest BCUT2D eigenvalue weighted by Crippen LogP contribution is 2.62. The van der Waals surface area contributed by atoms with E-state index in [2.05, 4.69) is 6.92 Å². The fourth-order valence-electron chi connectivity index (χ4n) is 2.88. The molecule has 4 heteroatoms. The number of carbonyl (C=O) groups is 1. The molecule has 0 amide bonds. The fraction of sp³-hybridized carbons (Fsp3) is 0.909. The van der Waals surface area contributed by atoms with E-state index in [0.29, 0.717) is 5.92 Å². The van der Waals surface area contributed by atoms with E-state index in [4.69, 9.17) is 21.1 Å². The molecule has 0 aromatic rings. The van der Waals surface area contributed by atoms with Gasteiger partial charge in [-0.2, -0.15) is 0 Å². The van der Waals surface area contributed by atoms with Crippen LogP contribution in [0.25, 0.3) is 0 Å². The highest BCUT2D eigenvalue weighted by Gasteiger charge is 2.77. The Morgan fingerprint density at radius 1 is 1.60 bits per heavy atom. The number of carbonyl (C=O) groups excluding carboxylic acids is 1. The molecule has 2 rings (SSSR count). The first-order valence-electron chi connectivity index (χ1n) is 5.58. The lowest BCUT2D eigenvalue weighted by atomic mass is 9.75. The molecule has 1 saturated carbocycles. The summed E-state index contributed by atoms with van der Waals surface area (Å²) in [4.78, 5) is 11.6. The third-order valence-corrected chi connectivity index (χ3v) is 4.33. The summed E-state index contributed by atoms with van der Waals surface area (Å²) in [7, 11) is 1.35. The van der Waals surface area contributed by atoms with Gasteiger partial charge in [-0.15, -0.1) is 0 Å². The minimum Gasteiger partial charge on any atom is -0.466 e. The van der Waals surface area contributed by atoms with E-state index in [9.17, 15) is 4.79 Å². The molecule has 0 radical (unpaired) electrons. The summed E-state index contributed by atoms with van der Waals surface area (Å²) in [6.45, 7) is 2.12. The lowest BCUT2D eigenvalue weighted by molar-refractivity contribution is -0.143. The molecular formula is C11H17ClO3. The monoisotopic (exact) mass is 232 g/mol. The number of hydrogen-bond acceptors (Lipinski definition) is 3. The molecular weight excluding hydrogens is 216 g/mol. The van der Waals surface area contributed by atoms with Crippen molar-refractivity contribution >= 4 is 17.6 Å². The van der Waals surface area contributed by atoms with Gasteiger partial charge in [0.15, 0.2) is 0 Å². The van der Waals surface area contributed by atoms with Crippen LogP contribution in [-0.2, 0) is 14.3 Å². The summed E-state index contributed by atoms with van der Waals surface area (Å²) in [5, 5.41) is -1.19. The second kappa shape index (κ2) is 3.63. The smallest absolute Gasteiger partial charge is 0.357 e. The second-order valence-corrected chi connectivity index (χ2v) is 4.96.